The number of halogens is 1. The zero-order chi connectivity index (χ0) is 18.9. The first-order chi connectivity index (χ1) is 12.5. The van der Waals surface area contributed by atoms with Crippen molar-refractivity contribution in [2.75, 3.05) is 19.6 Å². The van der Waals surface area contributed by atoms with Gasteiger partial charge in [-0.2, -0.15) is 15.8 Å². The second-order valence-electron chi connectivity index (χ2n) is 6.85. The van der Waals surface area contributed by atoms with E-state index >= 15 is 0 Å². The number of likely N-dealkylation sites (N-methyl/N-ethyl adjacent to an activating group) is 1. The van der Waals surface area contributed by atoms with Crippen LogP contribution in [0.2, 0.25) is 0 Å². The third-order valence-electron chi connectivity index (χ3n) is 5.69. The molecule has 2 aliphatic rings. The number of hydrogen-bond acceptors (Lipinski definition) is 4. The Kier molecular flexibility index (Phi) is 4.60. The van der Waals surface area contributed by atoms with Crippen molar-refractivity contribution in [3.63, 3.8) is 0 Å². The van der Waals surface area contributed by atoms with E-state index in [1.54, 1.807) is 12.1 Å². The first-order valence-corrected chi connectivity index (χ1v) is 8.63. The number of nitriles is 3. The van der Waals surface area contributed by atoms with Gasteiger partial charge in [-0.25, -0.2) is 4.39 Å². The molecule has 1 aromatic rings. The molecule has 1 unspecified atom stereocenters. The Labute approximate surface area is 152 Å². The van der Waals surface area contributed by atoms with Crippen molar-refractivity contribution in [3.05, 3.63) is 47.3 Å². The molecule has 5 nitrogen and oxygen atoms in total. The summed E-state index contributed by atoms with van der Waals surface area (Å²) < 4.78 is 13.4. The molecule has 0 saturated heterocycles. The van der Waals surface area contributed by atoms with Gasteiger partial charge < -0.3 is 10.3 Å². The Morgan fingerprint density at radius 2 is 1.88 bits per heavy atom. The first kappa shape index (κ1) is 17.8. The quantitative estimate of drug-likeness (QED) is 0.794. The molecule has 26 heavy (non-hydrogen) atoms. The van der Waals surface area contributed by atoms with Crippen LogP contribution in [0, 0.1) is 62.5 Å². The maximum Gasteiger partial charge on any atom is 0.203 e. The van der Waals surface area contributed by atoms with Gasteiger partial charge in [0.1, 0.15) is 5.82 Å². The molecule has 0 spiro atoms. The monoisotopic (exact) mass is 348 g/mol. The number of nitrogens with one attached hydrogen (secondary N) is 2. The van der Waals surface area contributed by atoms with E-state index in [2.05, 4.69) is 13.0 Å². The van der Waals surface area contributed by atoms with Gasteiger partial charge in [0.15, 0.2) is 0 Å². The minimum atomic E-state index is -1.68. The number of benzene rings is 1. The summed E-state index contributed by atoms with van der Waals surface area (Å²) in [6.45, 7) is 4.32. The predicted molar refractivity (Wildman–Crippen MR) is 92.4 cm³/mol. The minimum Gasteiger partial charge on any atom is -0.331 e. The van der Waals surface area contributed by atoms with E-state index in [0.717, 1.165) is 12.1 Å². The maximum atomic E-state index is 13.4. The normalized spacial score (nSPS) is 29.5. The van der Waals surface area contributed by atoms with Crippen molar-refractivity contribution in [1.29, 1.82) is 21.2 Å². The number of hydrogen-bond donors (Lipinski definition) is 2. The van der Waals surface area contributed by atoms with Gasteiger partial charge in [-0.15, -0.1) is 0 Å². The van der Waals surface area contributed by atoms with Crippen LogP contribution in [0.4, 0.5) is 4.39 Å². The van der Waals surface area contributed by atoms with Crippen molar-refractivity contribution in [3.8, 4) is 18.2 Å². The van der Waals surface area contributed by atoms with E-state index in [9.17, 15) is 20.2 Å². The molecule has 130 valence electrons. The Morgan fingerprint density at radius 1 is 1.23 bits per heavy atom. The van der Waals surface area contributed by atoms with E-state index < -0.39 is 11.3 Å². The number of rotatable bonds is 2. The molecule has 0 aromatic heterocycles. The van der Waals surface area contributed by atoms with Crippen LogP contribution < -0.4 is 4.90 Å². The van der Waals surface area contributed by atoms with Gasteiger partial charge in [-0.05, 0) is 36.3 Å². The summed E-state index contributed by atoms with van der Waals surface area (Å²) in [5.74, 6) is -1.83. The van der Waals surface area contributed by atoms with Crippen LogP contribution in [0.5, 0.6) is 0 Å². The second kappa shape index (κ2) is 6.71. The average molecular weight is 348 g/mol. The van der Waals surface area contributed by atoms with E-state index in [0.29, 0.717) is 18.7 Å². The van der Waals surface area contributed by atoms with Crippen molar-refractivity contribution < 1.29 is 9.29 Å². The zero-order valence-electron chi connectivity index (χ0n) is 14.5. The highest BCUT2D eigenvalue weighted by Crippen LogP contribution is 2.51. The Balaban J connectivity index is 2.21. The van der Waals surface area contributed by atoms with Crippen LogP contribution in [0.15, 0.2) is 35.9 Å². The zero-order valence-corrected chi connectivity index (χ0v) is 14.5. The van der Waals surface area contributed by atoms with Gasteiger partial charge in [-0.1, -0.05) is 12.1 Å². The fourth-order valence-electron chi connectivity index (χ4n) is 4.28. The van der Waals surface area contributed by atoms with Crippen LogP contribution in [-0.2, 0) is 0 Å². The lowest BCUT2D eigenvalue weighted by molar-refractivity contribution is -0.897. The lowest BCUT2D eigenvalue weighted by Gasteiger charge is -2.45. The molecule has 0 radical (unpaired) electrons. The van der Waals surface area contributed by atoms with E-state index in [4.69, 9.17) is 5.41 Å². The molecule has 1 aliphatic carbocycles. The molecule has 3 rings (SSSR count). The highest BCUT2D eigenvalue weighted by Gasteiger charge is 2.57. The Hall–Kier alpha value is -3.01. The summed E-state index contributed by atoms with van der Waals surface area (Å²) in [4.78, 5) is 1.29. The third-order valence-corrected chi connectivity index (χ3v) is 5.69. The van der Waals surface area contributed by atoms with Crippen LogP contribution in [0.3, 0.4) is 0 Å². The molecule has 1 aliphatic heterocycles. The first-order valence-electron chi connectivity index (χ1n) is 8.63. The molecular weight excluding hydrogens is 329 g/mol. The number of quaternary nitrogens is 1. The van der Waals surface area contributed by atoms with Crippen LogP contribution in [-0.4, -0.2) is 25.3 Å². The van der Waals surface area contributed by atoms with Gasteiger partial charge in [0.25, 0.3) is 0 Å². The predicted octanol–water partition coefficient (Wildman–Crippen LogP) is 1.58. The fraction of sp³-hybridized carbons (Fsp3) is 0.400. The van der Waals surface area contributed by atoms with Crippen LogP contribution >= 0.6 is 0 Å². The summed E-state index contributed by atoms with van der Waals surface area (Å²) in [5, 5.41) is 37.8. The van der Waals surface area contributed by atoms with Crippen molar-refractivity contribution in [2.45, 2.75) is 12.8 Å². The molecule has 0 bridgehead atoms. The Morgan fingerprint density at radius 3 is 2.42 bits per heavy atom. The lowest BCUT2D eigenvalue weighted by atomic mass is 9.55. The molecular formula is C20H19FN5+. The van der Waals surface area contributed by atoms with Crippen LogP contribution in [0.1, 0.15) is 18.4 Å². The van der Waals surface area contributed by atoms with Crippen LogP contribution in [0.25, 0.3) is 0 Å². The molecule has 2 N–H and O–H groups in total. The molecule has 6 heteroatoms. The molecule has 1 aromatic carbocycles. The van der Waals surface area contributed by atoms with Crippen molar-refractivity contribution in [1.82, 2.24) is 0 Å². The summed E-state index contributed by atoms with van der Waals surface area (Å²) in [6, 6.07) is 12.2. The van der Waals surface area contributed by atoms with E-state index in [1.165, 1.54) is 17.0 Å². The molecule has 1 saturated carbocycles. The summed E-state index contributed by atoms with van der Waals surface area (Å²) in [7, 11) is 0. The minimum absolute atomic E-state index is 0.165. The van der Waals surface area contributed by atoms with E-state index in [1.807, 2.05) is 18.2 Å². The summed E-state index contributed by atoms with van der Waals surface area (Å²) in [5.41, 5.74) is -0.450. The molecule has 0 amide bonds. The van der Waals surface area contributed by atoms with Gasteiger partial charge in [0.05, 0.1) is 49.5 Å². The molecule has 1 heterocycles. The highest BCUT2D eigenvalue weighted by atomic mass is 19.1. The lowest BCUT2D eigenvalue weighted by Crippen LogP contribution is -3.13. The Bertz CT molecular complexity index is 867. The summed E-state index contributed by atoms with van der Waals surface area (Å²) >= 11 is 0. The van der Waals surface area contributed by atoms with Crippen molar-refractivity contribution in [2.24, 2.45) is 17.3 Å². The van der Waals surface area contributed by atoms with Crippen molar-refractivity contribution >= 4 is 5.71 Å². The van der Waals surface area contributed by atoms with Gasteiger partial charge in [0, 0.05) is 11.8 Å². The van der Waals surface area contributed by atoms with Gasteiger partial charge in [0.2, 0.25) is 5.41 Å². The average Bonchev–Trinajstić information content (AvgIpc) is 2.68. The fourth-order valence-corrected chi connectivity index (χ4v) is 4.28. The molecule has 4 atom stereocenters. The van der Waals surface area contributed by atoms with Gasteiger partial charge >= 0.3 is 0 Å². The largest absolute Gasteiger partial charge is 0.331 e. The summed E-state index contributed by atoms with van der Waals surface area (Å²) in [6.07, 6.45) is 1.90. The smallest absolute Gasteiger partial charge is 0.203 e. The second-order valence-corrected chi connectivity index (χ2v) is 6.85. The highest BCUT2D eigenvalue weighted by molar-refractivity contribution is 6.01. The SMILES string of the molecule is CC[NH+]1CC=C2[C@@H](C1)[C@H](c1ccc(F)cc1)[C@H](C#N)C(=N)C2(C#N)C#N. The topological polar surface area (TPSA) is 99.7 Å². The third kappa shape index (κ3) is 2.49. The van der Waals surface area contributed by atoms with Gasteiger partial charge in [-0.3, -0.25) is 0 Å². The standard InChI is InChI=1S/C20H18FN5/c1-2-26-8-7-17-16(10-26)18(13-3-5-14(21)6-4-13)15(9-22)19(25)20(17,11-23)12-24/h3-7,15-16,18,25H,2,8,10H2,1H3/p+1/t15-,16+,18+/m0/s1. The number of fused-ring (bicyclic) bond motifs is 1. The van der Waals surface area contributed by atoms with E-state index in [-0.39, 0.29) is 23.4 Å². The molecule has 1 fully saturated rings. The maximum absolute atomic E-state index is 13.4. The number of nitrogens with zero attached hydrogens (tertiary/aromatic N) is 3.